The Morgan fingerprint density at radius 2 is 1.58 bits per heavy atom. The minimum absolute atomic E-state index is 0.153. The van der Waals surface area contributed by atoms with Crippen LogP contribution in [-0.4, -0.2) is 53.1 Å². The van der Waals surface area contributed by atoms with Crippen molar-refractivity contribution < 1.29 is 24.4 Å². The number of aromatic nitrogens is 1. The first-order valence-electron chi connectivity index (χ1n) is 11.3. The number of hydrogen-bond acceptors (Lipinski definition) is 7. The second-order valence-electron chi connectivity index (χ2n) is 8.16. The number of ether oxygens (including phenoxy) is 3. The van der Waals surface area contributed by atoms with Gasteiger partial charge in [0.05, 0.1) is 18.7 Å². The zero-order valence-corrected chi connectivity index (χ0v) is 18.9. The van der Waals surface area contributed by atoms with Gasteiger partial charge in [0.15, 0.2) is 11.5 Å². The van der Waals surface area contributed by atoms with Crippen LogP contribution in [0.5, 0.6) is 17.4 Å². The predicted molar refractivity (Wildman–Crippen MR) is 128 cm³/mol. The molecule has 0 radical (unpaired) electrons. The third-order valence-electron chi connectivity index (χ3n) is 6.44. The van der Waals surface area contributed by atoms with Crippen molar-refractivity contribution in [1.82, 2.24) is 9.88 Å². The van der Waals surface area contributed by atoms with Crippen LogP contribution in [-0.2, 0) is 13.2 Å². The minimum atomic E-state index is -0.163. The lowest BCUT2D eigenvalue weighted by atomic mass is 9.97. The fraction of sp³-hybridized carbons (Fsp3) is 0.346. The molecule has 0 saturated carbocycles. The van der Waals surface area contributed by atoms with E-state index in [9.17, 15) is 10.2 Å². The first-order chi connectivity index (χ1) is 16.2. The molecule has 7 heteroatoms. The van der Waals surface area contributed by atoms with Gasteiger partial charge in [-0.3, -0.25) is 0 Å². The largest absolute Gasteiger partial charge is 0.476 e. The molecule has 1 aliphatic rings. The minimum Gasteiger partial charge on any atom is -0.476 e. The monoisotopic (exact) mass is 448 g/mol. The molecule has 0 unspecified atom stereocenters. The Labute approximate surface area is 192 Å². The van der Waals surface area contributed by atoms with Crippen LogP contribution in [0.25, 0.3) is 32.4 Å². The van der Waals surface area contributed by atoms with Crippen molar-refractivity contribution in [3.8, 4) is 17.4 Å². The molecule has 1 aromatic heterocycles. The first kappa shape index (κ1) is 21.7. The van der Waals surface area contributed by atoms with Crippen molar-refractivity contribution >= 4 is 32.4 Å². The summed E-state index contributed by atoms with van der Waals surface area (Å²) >= 11 is 0. The number of pyridine rings is 1. The van der Waals surface area contributed by atoms with Gasteiger partial charge in [0.25, 0.3) is 0 Å². The Kier molecular flexibility index (Phi) is 5.93. The van der Waals surface area contributed by atoms with Gasteiger partial charge in [0.2, 0.25) is 12.7 Å². The average Bonchev–Trinajstić information content (AvgIpc) is 3.31. The summed E-state index contributed by atoms with van der Waals surface area (Å²) in [5.74, 6) is 1.95. The number of hydrogen-bond donors (Lipinski definition) is 2. The SMILES string of the molecule is CCN(CC)CCOc1nc2c3cc4c(cc3ccc2c2cc(CO)c(CO)cc12)OCO4. The maximum absolute atomic E-state index is 9.89. The summed E-state index contributed by atoms with van der Waals surface area (Å²) in [6.07, 6.45) is 0. The van der Waals surface area contributed by atoms with Gasteiger partial charge in [-0.05, 0) is 59.3 Å². The second kappa shape index (κ2) is 9.02. The van der Waals surface area contributed by atoms with E-state index in [0.717, 1.165) is 57.8 Å². The molecule has 7 nitrogen and oxygen atoms in total. The third-order valence-corrected chi connectivity index (χ3v) is 6.44. The highest BCUT2D eigenvalue weighted by Gasteiger charge is 2.19. The summed E-state index contributed by atoms with van der Waals surface area (Å²) in [6.45, 7) is 7.37. The number of fused-ring (bicyclic) bond motifs is 6. The molecule has 5 rings (SSSR count). The van der Waals surface area contributed by atoms with E-state index in [4.69, 9.17) is 19.2 Å². The molecule has 0 fully saturated rings. The third kappa shape index (κ3) is 3.82. The van der Waals surface area contributed by atoms with Crippen molar-refractivity contribution in [3.05, 3.63) is 47.5 Å². The first-order valence-corrected chi connectivity index (χ1v) is 11.3. The molecule has 2 N–H and O–H groups in total. The topological polar surface area (TPSA) is 84.3 Å². The molecular formula is C26H28N2O5. The number of likely N-dealkylation sites (N-methyl/N-ethyl adjacent to an activating group) is 1. The van der Waals surface area contributed by atoms with Crippen molar-refractivity contribution in [2.24, 2.45) is 0 Å². The van der Waals surface area contributed by atoms with Crippen LogP contribution in [0.1, 0.15) is 25.0 Å². The van der Waals surface area contributed by atoms with E-state index >= 15 is 0 Å². The van der Waals surface area contributed by atoms with Crippen molar-refractivity contribution in [2.45, 2.75) is 27.1 Å². The number of aliphatic hydroxyl groups is 2. The Bertz CT molecular complexity index is 1330. The van der Waals surface area contributed by atoms with Crippen molar-refractivity contribution in [2.75, 3.05) is 33.0 Å². The highest BCUT2D eigenvalue weighted by molar-refractivity contribution is 6.17. The Balaban J connectivity index is 1.73. The van der Waals surface area contributed by atoms with E-state index in [1.165, 1.54) is 0 Å². The van der Waals surface area contributed by atoms with E-state index in [2.05, 4.69) is 18.7 Å². The maximum atomic E-state index is 9.89. The van der Waals surface area contributed by atoms with Crippen LogP contribution in [0.15, 0.2) is 36.4 Å². The van der Waals surface area contributed by atoms with Crippen LogP contribution in [0.2, 0.25) is 0 Å². The Morgan fingerprint density at radius 3 is 2.27 bits per heavy atom. The van der Waals surface area contributed by atoms with Gasteiger partial charge >= 0.3 is 0 Å². The van der Waals surface area contributed by atoms with Crippen LogP contribution in [0, 0.1) is 0 Å². The van der Waals surface area contributed by atoms with Gasteiger partial charge in [0.1, 0.15) is 6.61 Å². The highest BCUT2D eigenvalue weighted by Crippen LogP contribution is 2.41. The number of nitrogens with zero attached hydrogens (tertiary/aromatic N) is 2. The summed E-state index contributed by atoms with van der Waals surface area (Å²) in [7, 11) is 0. The van der Waals surface area contributed by atoms with Crippen molar-refractivity contribution in [3.63, 3.8) is 0 Å². The molecule has 2 heterocycles. The molecule has 33 heavy (non-hydrogen) atoms. The zero-order valence-electron chi connectivity index (χ0n) is 18.9. The Morgan fingerprint density at radius 1 is 0.879 bits per heavy atom. The molecule has 0 saturated heterocycles. The standard InChI is InChI=1S/C26H28N2O5/c1-3-28(4-2)7-8-31-26-22-10-18(14-30)17(13-29)9-21(22)19-6-5-16-11-23-24(33-15-32-23)12-20(16)25(19)27-26/h5-6,9-12,29-30H,3-4,7-8,13-15H2,1-2H3. The number of rotatable bonds is 8. The lowest BCUT2D eigenvalue weighted by Crippen LogP contribution is -2.28. The van der Waals surface area contributed by atoms with Gasteiger partial charge < -0.3 is 29.3 Å². The fourth-order valence-electron chi connectivity index (χ4n) is 4.50. The molecule has 3 aromatic carbocycles. The molecule has 0 spiro atoms. The zero-order chi connectivity index (χ0) is 22.9. The van der Waals surface area contributed by atoms with E-state index in [1.807, 2.05) is 36.4 Å². The molecule has 172 valence electrons. The molecule has 0 bridgehead atoms. The smallest absolute Gasteiger partial charge is 0.231 e. The molecular weight excluding hydrogens is 420 g/mol. The quantitative estimate of drug-likeness (QED) is 0.395. The molecule has 0 atom stereocenters. The van der Waals surface area contributed by atoms with Crippen molar-refractivity contribution in [1.29, 1.82) is 0 Å². The van der Waals surface area contributed by atoms with Crippen LogP contribution < -0.4 is 14.2 Å². The summed E-state index contributed by atoms with van der Waals surface area (Å²) in [6, 6.07) is 11.8. The van der Waals surface area contributed by atoms with E-state index < -0.39 is 0 Å². The van der Waals surface area contributed by atoms with Crippen LogP contribution >= 0.6 is 0 Å². The summed E-state index contributed by atoms with van der Waals surface area (Å²) in [5.41, 5.74) is 2.16. The van der Waals surface area contributed by atoms with Crippen LogP contribution in [0.3, 0.4) is 0 Å². The van der Waals surface area contributed by atoms with E-state index in [-0.39, 0.29) is 20.0 Å². The molecule has 0 amide bonds. The molecule has 4 aromatic rings. The van der Waals surface area contributed by atoms with E-state index in [1.54, 1.807) is 0 Å². The summed E-state index contributed by atoms with van der Waals surface area (Å²) < 4.78 is 17.4. The van der Waals surface area contributed by atoms with E-state index in [0.29, 0.717) is 29.4 Å². The van der Waals surface area contributed by atoms with Gasteiger partial charge in [0, 0.05) is 22.7 Å². The fourth-order valence-corrected chi connectivity index (χ4v) is 4.50. The number of benzene rings is 3. The lowest BCUT2D eigenvalue weighted by molar-refractivity contribution is 0.174. The normalized spacial score (nSPS) is 13.0. The predicted octanol–water partition coefficient (Wildman–Crippen LogP) is 3.98. The second-order valence-corrected chi connectivity index (χ2v) is 8.16. The lowest BCUT2D eigenvalue weighted by Gasteiger charge is -2.19. The molecule has 0 aliphatic carbocycles. The Hall–Kier alpha value is -3.13. The van der Waals surface area contributed by atoms with Gasteiger partial charge in [-0.25, -0.2) is 4.98 Å². The molecule has 1 aliphatic heterocycles. The maximum Gasteiger partial charge on any atom is 0.231 e. The summed E-state index contributed by atoms with van der Waals surface area (Å²) in [4.78, 5) is 7.25. The van der Waals surface area contributed by atoms with Gasteiger partial charge in [-0.1, -0.05) is 26.0 Å². The van der Waals surface area contributed by atoms with Gasteiger partial charge in [-0.15, -0.1) is 0 Å². The number of aliphatic hydroxyl groups excluding tert-OH is 2. The van der Waals surface area contributed by atoms with Crippen LogP contribution in [0.4, 0.5) is 0 Å². The summed E-state index contributed by atoms with van der Waals surface area (Å²) in [5, 5.41) is 24.4. The van der Waals surface area contributed by atoms with Gasteiger partial charge in [-0.2, -0.15) is 0 Å². The average molecular weight is 449 g/mol. The highest BCUT2D eigenvalue weighted by atomic mass is 16.7.